The fourth-order valence-electron chi connectivity index (χ4n) is 1.12. The van der Waals surface area contributed by atoms with Crippen molar-refractivity contribution in [2.45, 2.75) is 6.54 Å². The highest BCUT2D eigenvalue weighted by molar-refractivity contribution is 5.44. The maximum atomic E-state index is 13.1. The lowest BCUT2D eigenvalue weighted by Gasteiger charge is -2.04. The molecule has 0 saturated heterocycles. The number of nitrogens with zero attached hydrogens (tertiary/aromatic N) is 1. The van der Waals surface area contributed by atoms with Gasteiger partial charge in [0, 0.05) is 0 Å². The van der Waals surface area contributed by atoms with Gasteiger partial charge in [0.2, 0.25) is 0 Å². The van der Waals surface area contributed by atoms with Crippen LogP contribution in [0, 0.1) is 5.82 Å². The maximum absolute atomic E-state index is 13.1. The third-order valence-electron chi connectivity index (χ3n) is 1.81. The molecule has 0 saturated carbocycles. The Morgan fingerprint density at radius 2 is 2.21 bits per heavy atom. The Balaban J connectivity index is 2.02. The highest BCUT2D eigenvalue weighted by Gasteiger charge is 2.00. The number of rotatable bonds is 3. The van der Waals surface area contributed by atoms with Crippen LogP contribution >= 0.6 is 0 Å². The first kappa shape index (κ1) is 8.74. The molecular formula is C10H9FN2O. The molecule has 2 aromatic rings. The summed E-state index contributed by atoms with van der Waals surface area (Å²) >= 11 is 0. The summed E-state index contributed by atoms with van der Waals surface area (Å²) < 4.78 is 18.1. The van der Waals surface area contributed by atoms with Gasteiger partial charge in [-0.15, -0.1) is 0 Å². The van der Waals surface area contributed by atoms with Crippen LogP contribution in [0.5, 0.6) is 0 Å². The number of benzene rings is 1. The quantitative estimate of drug-likeness (QED) is 0.811. The molecule has 1 aromatic carbocycles. The Bertz CT molecular complexity index is 400. The number of hydrogen-bond donors (Lipinski definition) is 1. The number of para-hydroxylation sites is 1. The van der Waals surface area contributed by atoms with Crippen molar-refractivity contribution < 1.29 is 8.81 Å². The lowest BCUT2D eigenvalue weighted by molar-refractivity contribution is 0.511. The van der Waals surface area contributed by atoms with Gasteiger partial charge in [0.25, 0.3) is 0 Å². The van der Waals surface area contributed by atoms with Crippen LogP contribution in [-0.4, -0.2) is 4.98 Å². The van der Waals surface area contributed by atoms with E-state index >= 15 is 0 Å². The van der Waals surface area contributed by atoms with E-state index in [2.05, 4.69) is 10.3 Å². The Labute approximate surface area is 80.6 Å². The lowest BCUT2D eigenvalue weighted by atomic mass is 10.3. The number of aromatic nitrogens is 1. The van der Waals surface area contributed by atoms with Crippen molar-refractivity contribution in [2.24, 2.45) is 0 Å². The Morgan fingerprint density at radius 3 is 2.93 bits per heavy atom. The van der Waals surface area contributed by atoms with Gasteiger partial charge in [0.15, 0.2) is 6.39 Å². The second-order valence-corrected chi connectivity index (χ2v) is 2.80. The van der Waals surface area contributed by atoms with Crippen molar-refractivity contribution in [1.29, 1.82) is 0 Å². The van der Waals surface area contributed by atoms with Crippen LogP contribution in [-0.2, 0) is 6.54 Å². The first-order chi connectivity index (χ1) is 6.86. The normalized spacial score (nSPS) is 10.1. The first-order valence-corrected chi connectivity index (χ1v) is 4.22. The Kier molecular flexibility index (Phi) is 2.44. The van der Waals surface area contributed by atoms with Crippen LogP contribution in [0.2, 0.25) is 0 Å². The van der Waals surface area contributed by atoms with Crippen LogP contribution in [0.15, 0.2) is 41.3 Å². The van der Waals surface area contributed by atoms with E-state index in [1.54, 1.807) is 24.4 Å². The Hall–Kier alpha value is -1.84. The van der Waals surface area contributed by atoms with Gasteiger partial charge in [-0.2, -0.15) is 0 Å². The van der Waals surface area contributed by atoms with Crippen LogP contribution in [0.4, 0.5) is 10.1 Å². The van der Waals surface area contributed by atoms with E-state index in [1.807, 2.05) is 0 Å². The number of oxazole rings is 1. The molecule has 0 aliphatic rings. The standard InChI is InChI=1S/C10H9FN2O/c11-9-3-1-2-4-10(9)13-6-8-5-12-7-14-8/h1-5,7,13H,6H2. The number of hydrogen-bond acceptors (Lipinski definition) is 3. The van der Waals surface area contributed by atoms with E-state index in [0.29, 0.717) is 18.0 Å². The molecule has 0 atom stereocenters. The SMILES string of the molecule is Fc1ccccc1NCc1cnco1. The minimum Gasteiger partial charge on any atom is -0.447 e. The topological polar surface area (TPSA) is 38.1 Å². The molecule has 3 nitrogen and oxygen atoms in total. The van der Waals surface area contributed by atoms with Gasteiger partial charge in [-0.05, 0) is 12.1 Å². The number of halogens is 1. The molecule has 0 spiro atoms. The molecule has 0 aliphatic carbocycles. The summed E-state index contributed by atoms with van der Waals surface area (Å²) in [4.78, 5) is 3.76. The number of nitrogens with one attached hydrogen (secondary N) is 1. The molecule has 2 rings (SSSR count). The second kappa shape index (κ2) is 3.91. The zero-order chi connectivity index (χ0) is 9.80. The maximum Gasteiger partial charge on any atom is 0.180 e. The lowest BCUT2D eigenvalue weighted by Crippen LogP contribution is -1.99. The smallest absolute Gasteiger partial charge is 0.180 e. The third-order valence-corrected chi connectivity index (χ3v) is 1.81. The molecule has 0 unspecified atom stereocenters. The summed E-state index contributed by atoms with van der Waals surface area (Å²) in [5.74, 6) is 0.403. The summed E-state index contributed by atoms with van der Waals surface area (Å²) in [5, 5.41) is 2.91. The summed E-state index contributed by atoms with van der Waals surface area (Å²) in [5.41, 5.74) is 0.462. The van der Waals surface area contributed by atoms with Crippen molar-refractivity contribution in [3.63, 3.8) is 0 Å². The highest BCUT2D eigenvalue weighted by atomic mass is 19.1. The van der Waals surface area contributed by atoms with Gasteiger partial charge >= 0.3 is 0 Å². The molecule has 1 N–H and O–H groups in total. The first-order valence-electron chi connectivity index (χ1n) is 4.22. The monoisotopic (exact) mass is 192 g/mol. The summed E-state index contributed by atoms with van der Waals surface area (Å²) in [7, 11) is 0. The summed E-state index contributed by atoms with van der Waals surface area (Å²) in [6.07, 6.45) is 2.94. The predicted octanol–water partition coefficient (Wildman–Crippen LogP) is 2.43. The molecule has 0 radical (unpaired) electrons. The molecule has 72 valence electrons. The average molecular weight is 192 g/mol. The zero-order valence-electron chi connectivity index (χ0n) is 7.40. The van der Waals surface area contributed by atoms with Gasteiger partial charge in [0.05, 0.1) is 18.4 Å². The van der Waals surface area contributed by atoms with Crippen LogP contribution in [0.25, 0.3) is 0 Å². The predicted molar refractivity (Wildman–Crippen MR) is 50.2 cm³/mol. The fourth-order valence-corrected chi connectivity index (χ4v) is 1.12. The Morgan fingerprint density at radius 1 is 1.36 bits per heavy atom. The molecule has 14 heavy (non-hydrogen) atoms. The molecule has 0 aliphatic heterocycles. The molecule has 1 heterocycles. The van der Waals surface area contributed by atoms with Crippen molar-refractivity contribution in [3.05, 3.63) is 48.4 Å². The minimum atomic E-state index is -0.271. The van der Waals surface area contributed by atoms with Crippen LogP contribution in [0.3, 0.4) is 0 Å². The van der Waals surface area contributed by atoms with Gasteiger partial charge in [-0.1, -0.05) is 12.1 Å². The van der Waals surface area contributed by atoms with Crippen molar-refractivity contribution in [3.8, 4) is 0 Å². The van der Waals surface area contributed by atoms with E-state index in [0.717, 1.165) is 0 Å². The number of anilines is 1. The second-order valence-electron chi connectivity index (χ2n) is 2.80. The average Bonchev–Trinajstić information content (AvgIpc) is 2.69. The largest absolute Gasteiger partial charge is 0.447 e. The molecule has 0 fully saturated rings. The third kappa shape index (κ3) is 1.90. The van der Waals surface area contributed by atoms with E-state index < -0.39 is 0 Å². The molecule has 0 amide bonds. The van der Waals surface area contributed by atoms with Gasteiger partial charge in [-0.25, -0.2) is 9.37 Å². The van der Waals surface area contributed by atoms with Crippen molar-refractivity contribution in [2.75, 3.05) is 5.32 Å². The summed E-state index contributed by atoms with van der Waals surface area (Å²) in [6.45, 7) is 0.431. The van der Waals surface area contributed by atoms with E-state index in [1.165, 1.54) is 12.5 Å². The minimum absolute atomic E-state index is 0.271. The van der Waals surface area contributed by atoms with E-state index in [9.17, 15) is 4.39 Å². The van der Waals surface area contributed by atoms with Crippen molar-refractivity contribution in [1.82, 2.24) is 4.98 Å². The van der Waals surface area contributed by atoms with Crippen molar-refractivity contribution >= 4 is 5.69 Å². The summed E-state index contributed by atoms with van der Waals surface area (Å²) in [6, 6.07) is 6.50. The zero-order valence-corrected chi connectivity index (χ0v) is 7.40. The molecule has 0 bridgehead atoms. The molecule has 4 heteroatoms. The molecular weight excluding hydrogens is 183 g/mol. The van der Waals surface area contributed by atoms with Crippen LogP contribution in [0.1, 0.15) is 5.76 Å². The van der Waals surface area contributed by atoms with Gasteiger partial charge in [-0.3, -0.25) is 0 Å². The fraction of sp³-hybridized carbons (Fsp3) is 0.100. The molecule has 1 aromatic heterocycles. The van der Waals surface area contributed by atoms with E-state index in [4.69, 9.17) is 4.42 Å². The van der Waals surface area contributed by atoms with Gasteiger partial charge < -0.3 is 9.73 Å². The van der Waals surface area contributed by atoms with E-state index in [-0.39, 0.29) is 5.82 Å². The van der Waals surface area contributed by atoms with Crippen LogP contribution < -0.4 is 5.32 Å². The van der Waals surface area contributed by atoms with Gasteiger partial charge in [0.1, 0.15) is 11.6 Å². The highest BCUT2D eigenvalue weighted by Crippen LogP contribution is 2.13.